The Hall–Kier alpha value is -1.71. The molecule has 0 aromatic heterocycles. The minimum absolute atomic E-state index is 0.00444. The summed E-state index contributed by atoms with van der Waals surface area (Å²) >= 11 is 0. The van der Waals surface area contributed by atoms with Crippen LogP contribution in [-0.2, 0) is 10.0 Å². The molecule has 0 amide bonds. The second-order valence-corrected chi connectivity index (χ2v) is 6.58. The van der Waals surface area contributed by atoms with Gasteiger partial charge in [0.05, 0.1) is 9.82 Å². The fourth-order valence-electron chi connectivity index (χ4n) is 2.35. The van der Waals surface area contributed by atoms with Crippen molar-refractivity contribution >= 4 is 21.4 Å². The highest BCUT2D eigenvalue weighted by molar-refractivity contribution is 7.89. The van der Waals surface area contributed by atoms with Crippen LogP contribution >= 0.6 is 0 Å². The predicted molar refractivity (Wildman–Crippen MR) is 73.5 cm³/mol. The van der Waals surface area contributed by atoms with Gasteiger partial charge in [-0.05, 0) is 31.9 Å². The van der Waals surface area contributed by atoms with Crippen LogP contribution in [0.2, 0.25) is 0 Å². The molecule has 110 valence electrons. The molecule has 3 N–H and O–H groups in total. The average Bonchev–Trinajstić information content (AvgIpc) is 2.84. The Morgan fingerprint density at radius 2 is 2.20 bits per heavy atom. The quantitative estimate of drug-likeness (QED) is 0.487. The summed E-state index contributed by atoms with van der Waals surface area (Å²) < 4.78 is 26.4. The van der Waals surface area contributed by atoms with Gasteiger partial charge in [-0.1, -0.05) is 0 Å². The van der Waals surface area contributed by atoms with Crippen LogP contribution in [0.4, 0.5) is 11.4 Å². The van der Waals surface area contributed by atoms with Crippen molar-refractivity contribution in [2.24, 2.45) is 5.84 Å². The molecule has 1 heterocycles. The van der Waals surface area contributed by atoms with E-state index in [1.807, 2.05) is 6.92 Å². The summed E-state index contributed by atoms with van der Waals surface area (Å²) in [7, 11) is -3.65. The molecule has 0 saturated carbocycles. The third-order valence-corrected chi connectivity index (χ3v) is 5.43. The lowest BCUT2D eigenvalue weighted by molar-refractivity contribution is -0.384. The molecule has 1 saturated heterocycles. The number of hydrazine groups is 1. The molecule has 9 heteroatoms. The molecule has 1 unspecified atom stereocenters. The van der Waals surface area contributed by atoms with Gasteiger partial charge < -0.3 is 5.43 Å². The minimum Gasteiger partial charge on any atom is -0.318 e. The Morgan fingerprint density at radius 3 is 2.70 bits per heavy atom. The van der Waals surface area contributed by atoms with Crippen LogP contribution in [0.3, 0.4) is 0 Å². The molecule has 0 radical (unpaired) electrons. The van der Waals surface area contributed by atoms with Gasteiger partial charge in [0.15, 0.2) is 0 Å². The molecule has 1 atom stereocenters. The average molecular weight is 300 g/mol. The van der Waals surface area contributed by atoms with Gasteiger partial charge in [0.1, 0.15) is 5.69 Å². The molecule has 0 aliphatic carbocycles. The number of hydrogen-bond donors (Lipinski definition) is 2. The van der Waals surface area contributed by atoms with E-state index in [1.165, 1.54) is 16.4 Å². The SMILES string of the molecule is CC1CCCN1S(=O)(=O)c1ccc([N+](=O)[O-])c(NN)c1. The Balaban J connectivity index is 2.45. The van der Waals surface area contributed by atoms with Crippen LogP contribution in [-0.4, -0.2) is 30.2 Å². The topological polar surface area (TPSA) is 119 Å². The molecular formula is C11H16N4O4S. The Morgan fingerprint density at radius 1 is 1.50 bits per heavy atom. The van der Waals surface area contributed by atoms with E-state index in [2.05, 4.69) is 5.43 Å². The first kappa shape index (κ1) is 14.7. The summed E-state index contributed by atoms with van der Waals surface area (Å²) in [5.41, 5.74) is 1.88. The fraction of sp³-hybridized carbons (Fsp3) is 0.455. The van der Waals surface area contributed by atoms with Gasteiger partial charge in [-0.2, -0.15) is 4.31 Å². The van der Waals surface area contributed by atoms with Gasteiger partial charge in [-0.15, -0.1) is 0 Å². The third kappa shape index (κ3) is 2.47. The summed E-state index contributed by atoms with van der Waals surface area (Å²) in [5, 5.41) is 10.8. The zero-order valence-corrected chi connectivity index (χ0v) is 11.8. The number of sulfonamides is 1. The normalized spacial score (nSPS) is 20.0. The first-order chi connectivity index (χ1) is 9.37. The minimum atomic E-state index is -3.65. The molecule has 0 spiro atoms. The maximum Gasteiger partial charge on any atom is 0.293 e. The molecular weight excluding hydrogens is 284 g/mol. The summed E-state index contributed by atoms with van der Waals surface area (Å²) in [4.78, 5) is 10.2. The van der Waals surface area contributed by atoms with E-state index >= 15 is 0 Å². The van der Waals surface area contributed by atoms with Gasteiger partial charge >= 0.3 is 0 Å². The third-order valence-electron chi connectivity index (χ3n) is 3.42. The summed E-state index contributed by atoms with van der Waals surface area (Å²) in [6.45, 7) is 2.31. The van der Waals surface area contributed by atoms with Crippen LogP contribution in [0, 0.1) is 10.1 Å². The fourth-order valence-corrected chi connectivity index (χ4v) is 4.08. The van der Waals surface area contributed by atoms with Gasteiger partial charge in [0.25, 0.3) is 5.69 Å². The van der Waals surface area contributed by atoms with E-state index < -0.39 is 14.9 Å². The van der Waals surface area contributed by atoms with Crippen molar-refractivity contribution in [1.29, 1.82) is 0 Å². The number of nitrogens with zero attached hydrogens (tertiary/aromatic N) is 2. The molecule has 1 aliphatic heterocycles. The number of nitro benzene ring substituents is 1. The second-order valence-electron chi connectivity index (χ2n) is 4.69. The summed E-state index contributed by atoms with van der Waals surface area (Å²) in [5.74, 6) is 5.22. The van der Waals surface area contributed by atoms with Gasteiger partial charge in [0.2, 0.25) is 10.0 Å². The largest absolute Gasteiger partial charge is 0.318 e. The van der Waals surface area contributed by atoms with Crippen molar-refractivity contribution in [3.05, 3.63) is 28.3 Å². The Kier molecular flexibility index (Phi) is 3.93. The van der Waals surface area contributed by atoms with E-state index in [0.717, 1.165) is 18.9 Å². The number of nitrogens with one attached hydrogen (secondary N) is 1. The lowest BCUT2D eigenvalue weighted by Gasteiger charge is -2.21. The first-order valence-corrected chi connectivity index (χ1v) is 7.59. The molecule has 1 fully saturated rings. The molecule has 20 heavy (non-hydrogen) atoms. The standard InChI is InChI=1S/C11H16N4O4S/c1-8-3-2-6-14(8)20(18,19)9-4-5-11(15(16)17)10(7-9)13-12/h4-5,7-8,13H,2-3,6,12H2,1H3. The zero-order valence-electron chi connectivity index (χ0n) is 10.9. The van der Waals surface area contributed by atoms with Crippen molar-refractivity contribution in [3.63, 3.8) is 0 Å². The molecule has 0 bridgehead atoms. The number of nitro groups is 1. The van der Waals surface area contributed by atoms with Crippen molar-refractivity contribution < 1.29 is 13.3 Å². The Labute approximate surface area is 116 Å². The predicted octanol–water partition coefficient (Wildman–Crippen LogP) is 1.05. The van der Waals surface area contributed by atoms with E-state index in [4.69, 9.17) is 5.84 Å². The molecule has 1 aromatic carbocycles. The van der Waals surface area contributed by atoms with Crippen molar-refractivity contribution in [3.8, 4) is 0 Å². The zero-order chi connectivity index (χ0) is 14.9. The van der Waals surface area contributed by atoms with Crippen molar-refractivity contribution in [1.82, 2.24) is 4.31 Å². The summed E-state index contributed by atoms with van der Waals surface area (Å²) in [6, 6.07) is 3.50. The van der Waals surface area contributed by atoms with Crippen molar-refractivity contribution in [2.45, 2.75) is 30.7 Å². The summed E-state index contributed by atoms with van der Waals surface area (Å²) in [6.07, 6.45) is 1.63. The monoisotopic (exact) mass is 300 g/mol. The highest BCUT2D eigenvalue weighted by Gasteiger charge is 2.33. The first-order valence-electron chi connectivity index (χ1n) is 6.15. The van der Waals surface area contributed by atoms with E-state index in [1.54, 1.807) is 0 Å². The number of nitrogen functional groups attached to an aromatic ring is 1. The van der Waals surface area contributed by atoms with E-state index in [9.17, 15) is 18.5 Å². The van der Waals surface area contributed by atoms with Gasteiger partial charge in [-0.3, -0.25) is 16.0 Å². The van der Waals surface area contributed by atoms with Gasteiger partial charge in [0, 0.05) is 18.7 Å². The van der Waals surface area contributed by atoms with Crippen LogP contribution < -0.4 is 11.3 Å². The maximum atomic E-state index is 12.5. The second kappa shape index (κ2) is 5.35. The number of hydrogen-bond acceptors (Lipinski definition) is 6. The highest BCUT2D eigenvalue weighted by Crippen LogP contribution is 2.30. The molecule has 8 nitrogen and oxygen atoms in total. The van der Waals surface area contributed by atoms with Gasteiger partial charge in [-0.25, -0.2) is 8.42 Å². The van der Waals surface area contributed by atoms with Crippen LogP contribution in [0.25, 0.3) is 0 Å². The highest BCUT2D eigenvalue weighted by atomic mass is 32.2. The number of anilines is 1. The van der Waals surface area contributed by atoms with Crippen LogP contribution in [0.15, 0.2) is 23.1 Å². The van der Waals surface area contributed by atoms with Crippen molar-refractivity contribution in [2.75, 3.05) is 12.0 Å². The van der Waals surface area contributed by atoms with E-state index in [0.29, 0.717) is 6.54 Å². The lowest BCUT2D eigenvalue weighted by Crippen LogP contribution is -2.33. The number of rotatable bonds is 4. The maximum absolute atomic E-state index is 12.5. The smallest absolute Gasteiger partial charge is 0.293 e. The molecule has 2 rings (SSSR count). The van der Waals surface area contributed by atoms with Crippen LogP contribution in [0.5, 0.6) is 0 Å². The number of nitrogens with two attached hydrogens (primary N) is 1. The van der Waals surface area contributed by atoms with Crippen LogP contribution in [0.1, 0.15) is 19.8 Å². The molecule has 1 aromatic rings. The molecule has 1 aliphatic rings. The van der Waals surface area contributed by atoms with E-state index in [-0.39, 0.29) is 22.3 Å². The number of benzene rings is 1. The lowest BCUT2D eigenvalue weighted by atomic mass is 10.3. The Bertz CT molecular complexity index is 631.